The molecule has 2 aromatic carbocycles. The molecule has 4 nitrogen and oxygen atoms in total. The maximum Gasteiger partial charge on any atom is 0.131 e. The van der Waals surface area contributed by atoms with Crippen molar-refractivity contribution in [1.82, 2.24) is 0 Å². The van der Waals surface area contributed by atoms with E-state index in [9.17, 15) is 0 Å². The van der Waals surface area contributed by atoms with E-state index in [1.54, 1.807) is 21.3 Å². The van der Waals surface area contributed by atoms with Gasteiger partial charge < -0.3 is 19.5 Å². The molecule has 2 aromatic rings. The fraction of sp³-hybridized carbons (Fsp3) is 0.333. The quantitative estimate of drug-likeness (QED) is 0.759. The maximum absolute atomic E-state index is 5.42. The summed E-state index contributed by atoms with van der Waals surface area (Å²) in [5.41, 5.74) is 2.46. The van der Waals surface area contributed by atoms with Crippen LogP contribution in [-0.4, -0.2) is 27.9 Å². The van der Waals surface area contributed by atoms with Crippen molar-refractivity contribution in [3.63, 3.8) is 0 Å². The fourth-order valence-corrected chi connectivity index (χ4v) is 2.37. The summed E-state index contributed by atoms with van der Waals surface area (Å²) in [5.74, 6) is 2.60. The number of benzene rings is 2. The Bertz CT molecular complexity index is 599. The van der Waals surface area contributed by atoms with Crippen LogP contribution < -0.4 is 19.5 Å². The van der Waals surface area contributed by atoms with Crippen LogP contribution in [0.15, 0.2) is 42.5 Å². The molecule has 0 spiro atoms. The summed E-state index contributed by atoms with van der Waals surface area (Å²) < 4.78 is 15.9. The Hall–Kier alpha value is -2.20. The van der Waals surface area contributed by atoms with Crippen molar-refractivity contribution in [2.75, 3.05) is 27.9 Å². The molecule has 0 unspecified atom stereocenters. The lowest BCUT2D eigenvalue weighted by Crippen LogP contribution is -2.83. The SMILES string of the molecule is COc1cccc(CC[NH2+]Cc2ccc(OC)cc2OC)c1. The predicted octanol–water partition coefficient (Wildman–Crippen LogP) is 2.02. The van der Waals surface area contributed by atoms with Gasteiger partial charge in [0.25, 0.3) is 0 Å². The van der Waals surface area contributed by atoms with Gasteiger partial charge in [-0.05, 0) is 29.8 Å². The van der Waals surface area contributed by atoms with Gasteiger partial charge in [0.05, 0.1) is 27.9 Å². The van der Waals surface area contributed by atoms with Gasteiger partial charge in [0.1, 0.15) is 23.8 Å². The van der Waals surface area contributed by atoms with E-state index in [0.29, 0.717) is 0 Å². The first-order chi connectivity index (χ1) is 10.8. The number of hydrogen-bond acceptors (Lipinski definition) is 3. The van der Waals surface area contributed by atoms with Crippen LogP contribution in [0, 0.1) is 0 Å². The summed E-state index contributed by atoms with van der Waals surface area (Å²) in [6.07, 6.45) is 1.01. The average molecular weight is 302 g/mol. The van der Waals surface area contributed by atoms with Crippen molar-refractivity contribution in [2.45, 2.75) is 13.0 Å². The Balaban J connectivity index is 1.85. The Labute approximate surface area is 132 Å². The molecule has 0 fully saturated rings. The second-order valence-corrected chi connectivity index (χ2v) is 5.06. The molecule has 0 aliphatic rings. The van der Waals surface area contributed by atoms with Crippen LogP contribution in [0.25, 0.3) is 0 Å². The number of methoxy groups -OCH3 is 3. The van der Waals surface area contributed by atoms with Crippen LogP contribution in [0.5, 0.6) is 17.2 Å². The molecule has 118 valence electrons. The number of nitrogens with two attached hydrogens (primary N) is 1. The first-order valence-electron chi connectivity index (χ1n) is 7.42. The lowest BCUT2D eigenvalue weighted by Gasteiger charge is -2.10. The van der Waals surface area contributed by atoms with Gasteiger partial charge in [-0.25, -0.2) is 0 Å². The highest BCUT2D eigenvalue weighted by atomic mass is 16.5. The molecule has 4 heteroatoms. The minimum Gasteiger partial charge on any atom is -0.497 e. The van der Waals surface area contributed by atoms with Crippen LogP contribution in [-0.2, 0) is 13.0 Å². The normalized spacial score (nSPS) is 10.3. The molecule has 0 radical (unpaired) electrons. The molecule has 0 aromatic heterocycles. The van der Waals surface area contributed by atoms with Crippen LogP contribution in [0.4, 0.5) is 0 Å². The zero-order chi connectivity index (χ0) is 15.8. The zero-order valence-electron chi connectivity index (χ0n) is 13.5. The highest BCUT2D eigenvalue weighted by Gasteiger charge is 2.06. The lowest BCUT2D eigenvalue weighted by atomic mass is 10.1. The third-order valence-electron chi connectivity index (χ3n) is 3.63. The molecule has 0 heterocycles. The van der Waals surface area contributed by atoms with Gasteiger partial charge in [0.15, 0.2) is 0 Å². The van der Waals surface area contributed by atoms with Crippen molar-refractivity contribution in [1.29, 1.82) is 0 Å². The smallest absolute Gasteiger partial charge is 0.131 e. The number of hydrogen-bond donors (Lipinski definition) is 1. The number of ether oxygens (including phenoxy) is 3. The van der Waals surface area contributed by atoms with Gasteiger partial charge in [-0.1, -0.05) is 12.1 Å². The molecule has 2 N–H and O–H groups in total. The fourth-order valence-electron chi connectivity index (χ4n) is 2.37. The van der Waals surface area contributed by atoms with E-state index in [1.165, 1.54) is 11.1 Å². The molecule has 0 atom stereocenters. The highest BCUT2D eigenvalue weighted by Crippen LogP contribution is 2.23. The van der Waals surface area contributed by atoms with Gasteiger partial charge in [0.2, 0.25) is 0 Å². The molecule has 0 amide bonds. The summed E-state index contributed by atoms with van der Waals surface area (Å²) in [5, 5.41) is 2.28. The number of quaternary nitrogens is 1. The van der Waals surface area contributed by atoms with E-state index in [4.69, 9.17) is 14.2 Å². The molecular weight excluding hydrogens is 278 g/mol. The molecule has 0 aliphatic carbocycles. The van der Waals surface area contributed by atoms with Crippen LogP contribution >= 0.6 is 0 Å². The molecule has 0 saturated carbocycles. The Morgan fingerprint density at radius 2 is 1.64 bits per heavy atom. The van der Waals surface area contributed by atoms with Crippen molar-refractivity contribution >= 4 is 0 Å². The van der Waals surface area contributed by atoms with Gasteiger partial charge in [-0.15, -0.1) is 0 Å². The Morgan fingerprint density at radius 3 is 2.36 bits per heavy atom. The standard InChI is InChI=1S/C18H23NO3/c1-20-16-6-4-5-14(11-16)9-10-19-13-15-7-8-17(21-2)12-18(15)22-3/h4-8,11-12,19H,9-10,13H2,1-3H3/p+1. The maximum atomic E-state index is 5.42. The van der Waals surface area contributed by atoms with Crippen molar-refractivity contribution in [3.8, 4) is 17.2 Å². The molecule has 2 rings (SSSR count). The second-order valence-electron chi connectivity index (χ2n) is 5.06. The van der Waals surface area contributed by atoms with Crippen molar-refractivity contribution < 1.29 is 19.5 Å². The predicted molar refractivity (Wildman–Crippen MR) is 86.7 cm³/mol. The minimum atomic E-state index is 0.817. The summed E-state index contributed by atoms with van der Waals surface area (Å²) in [6.45, 7) is 1.90. The molecule has 0 aliphatic heterocycles. The highest BCUT2D eigenvalue weighted by molar-refractivity contribution is 5.40. The monoisotopic (exact) mass is 302 g/mol. The Kier molecular flexibility index (Phi) is 6.10. The van der Waals surface area contributed by atoms with E-state index in [1.807, 2.05) is 24.3 Å². The van der Waals surface area contributed by atoms with Gasteiger partial charge in [-0.2, -0.15) is 0 Å². The van der Waals surface area contributed by atoms with Gasteiger partial charge >= 0.3 is 0 Å². The average Bonchev–Trinajstić information content (AvgIpc) is 2.58. The molecule has 22 heavy (non-hydrogen) atoms. The lowest BCUT2D eigenvalue weighted by molar-refractivity contribution is -0.670. The van der Waals surface area contributed by atoms with E-state index in [-0.39, 0.29) is 0 Å². The van der Waals surface area contributed by atoms with Crippen LogP contribution in [0.3, 0.4) is 0 Å². The third-order valence-corrected chi connectivity index (χ3v) is 3.63. The minimum absolute atomic E-state index is 0.817. The van der Waals surface area contributed by atoms with Crippen LogP contribution in [0.2, 0.25) is 0 Å². The van der Waals surface area contributed by atoms with Crippen molar-refractivity contribution in [2.24, 2.45) is 0 Å². The largest absolute Gasteiger partial charge is 0.497 e. The van der Waals surface area contributed by atoms with Crippen LogP contribution in [0.1, 0.15) is 11.1 Å². The molecular formula is C18H24NO3+. The van der Waals surface area contributed by atoms with E-state index in [0.717, 1.165) is 36.8 Å². The zero-order valence-corrected chi connectivity index (χ0v) is 13.5. The topological polar surface area (TPSA) is 44.3 Å². The second kappa shape index (κ2) is 8.29. The Morgan fingerprint density at radius 1 is 0.864 bits per heavy atom. The summed E-state index contributed by atoms with van der Waals surface area (Å²) in [6, 6.07) is 14.2. The number of rotatable bonds is 8. The van der Waals surface area contributed by atoms with Crippen molar-refractivity contribution in [3.05, 3.63) is 53.6 Å². The first-order valence-corrected chi connectivity index (χ1v) is 7.42. The summed E-state index contributed by atoms with van der Waals surface area (Å²) in [4.78, 5) is 0. The molecule has 0 saturated heterocycles. The van der Waals surface area contributed by atoms with E-state index >= 15 is 0 Å². The van der Waals surface area contributed by atoms with Gasteiger partial charge in [0, 0.05) is 18.1 Å². The molecule has 0 bridgehead atoms. The van der Waals surface area contributed by atoms with E-state index in [2.05, 4.69) is 23.5 Å². The van der Waals surface area contributed by atoms with Gasteiger partial charge in [-0.3, -0.25) is 0 Å². The van der Waals surface area contributed by atoms with E-state index < -0.39 is 0 Å². The summed E-state index contributed by atoms with van der Waals surface area (Å²) >= 11 is 0. The third kappa shape index (κ3) is 4.40. The first kappa shape index (κ1) is 16.2. The summed E-state index contributed by atoms with van der Waals surface area (Å²) in [7, 11) is 5.05.